The third-order valence-corrected chi connectivity index (χ3v) is 5.33. The van der Waals surface area contributed by atoms with Crippen molar-refractivity contribution in [2.24, 2.45) is 11.7 Å². The summed E-state index contributed by atoms with van der Waals surface area (Å²) in [7, 11) is 6.17. The van der Waals surface area contributed by atoms with E-state index >= 15 is 0 Å². The average Bonchev–Trinajstić information content (AvgIpc) is 2.37. The first-order chi connectivity index (χ1) is 8.73. The Morgan fingerprint density at radius 2 is 1.84 bits per heavy atom. The Hall–Kier alpha value is -0.120. The number of rotatable bonds is 6. The molecule has 0 saturated heterocycles. The molecule has 0 aromatic rings. The van der Waals surface area contributed by atoms with E-state index in [2.05, 4.69) is 39.8 Å². The Balaban J connectivity index is 2.66. The molecule has 0 aliphatic heterocycles. The molecule has 1 aliphatic carbocycles. The molecule has 2 N–H and O–H groups in total. The molecule has 1 aliphatic rings. The van der Waals surface area contributed by atoms with Crippen LogP contribution in [-0.4, -0.2) is 43.3 Å². The summed E-state index contributed by atoms with van der Waals surface area (Å²) in [4.78, 5) is 2.38. The number of likely N-dealkylation sites (N-methyl/N-ethyl adjacent to an activating group) is 1. The van der Waals surface area contributed by atoms with Crippen LogP contribution < -0.4 is 5.73 Å². The monoisotopic (exact) mass is 270 g/mol. The quantitative estimate of drug-likeness (QED) is 0.806. The van der Waals surface area contributed by atoms with Gasteiger partial charge in [0.2, 0.25) is 0 Å². The van der Waals surface area contributed by atoms with E-state index < -0.39 is 0 Å². The largest absolute Gasteiger partial charge is 0.379 e. The van der Waals surface area contributed by atoms with Gasteiger partial charge in [-0.3, -0.25) is 0 Å². The molecule has 114 valence electrons. The molecule has 1 rings (SSSR count). The summed E-state index contributed by atoms with van der Waals surface area (Å²) in [6.45, 7) is 6.65. The van der Waals surface area contributed by atoms with Gasteiger partial charge in [-0.2, -0.15) is 0 Å². The molecule has 0 aromatic heterocycles. The lowest BCUT2D eigenvalue weighted by atomic mass is 9.71. The highest BCUT2D eigenvalue weighted by Crippen LogP contribution is 2.38. The maximum Gasteiger partial charge on any atom is 0.0623 e. The summed E-state index contributed by atoms with van der Waals surface area (Å²) in [5.41, 5.74) is 6.72. The van der Waals surface area contributed by atoms with E-state index in [0.717, 1.165) is 18.8 Å². The zero-order valence-corrected chi connectivity index (χ0v) is 13.8. The van der Waals surface area contributed by atoms with Gasteiger partial charge in [-0.15, -0.1) is 0 Å². The van der Waals surface area contributed by atoms with Gasteiger partial charge >= 0.3 is 0 Å². The predicted octanol–water partition coefficient (Wildman–Crippen LogP) is 3.03. The SMILES string of the molecule is COC(C)(C)CCC(N)C1(N(C)C)CCC(C)CC1. The van der Waals surface area contributed by atoms with Crippen molar-refractivity contribution in [3.8, 4) is 0 Å². The lowest BCUT2D eigenvalue weighted by molar-refractivity contribution is 0.000266. The minimum atomic E-state index is -0.0624. The lowest BCUT2D eigenvalue weighted by Crippen LogP contribution is -2.59. The highest BCUT2D eigenvalue weighted by Gasteiger charge is 2.41. The van der Waals surface area contributed by atoms with Crippen LogP contribution in [0.2, 0.25) is 0 Å². The molecule has 3 heteroatoms. The first-order valence-electron chi connectivity index (χ1n) is 7.72. The first-order valence-corrected chi connectivity index (χ1v) is 7.72. The van der Waals surface area contributed by atoms with Crippen LogP contribution in [0.15, 0.2) is 0 Å². The van der Waals surface area contributed by atoms with Crippen molar-refractivity contribution in [3.63, 3.8) is 0 Å². The second-order valence-corrected chi connectivity index (χ2v) is 7.29. The normalized spacial score (nSPS) is 30.6. The van der Waals surface area contributed by atoms with Crippen molar-refractivity contribution in [2.45, 2.75) is 76.5 Å². The molecule has 1 atom stereocenters. The number of ether oxygens (including phenoxy) is 1. The van der Waals surface area contributed by atoms with Crippen LogP contribution in [-0.2, 0) is 4.74 Å². The summed E-state index contributed by atoms with van der Waals surface area (Å²) >= 11 is 0. The fraction of sp³-hybridized carbons (Fsp3) is 1.00. The highest BCUT2D eigenvalue weighted by molar-refractivity contribution is 5.00. The molecule has 0 radical (unpaired) electrons. The zero-order chi connectivity index (χ0) is 14.7. The molecule has 0 aromatic carbocycles. The van der Waals surface area contributed by atoms with Crippen LogP contribution in [0, 0.1) is 5.92 Å². The molecular weight excluding hydrogens is 236 g/mol. The molecule has 0 amide bonds. The van der Waals surface area contributed by atoms with E-state index in [9.17, 15) is 0 Å². The molecule has 0 heterocycles. The van der Waals surface area contributed by atoms with E-state index in [1.54, 1.807) is 7.11 Å². The standard InChI is InChI=1S/C16H34N2O/c1-13-7-11-16(12-8-13,18(4)5)14(17)9-10-15(2,3)19-6/h13-14H,7-12,17H2,1-6H3. The summed E-state index contributed by atoms with van der Waals surface area (Å²) < 4.78 is 5.52. The lowest BCUT2D eigenvalue weighted by Gasteiger charge is -2.49. The van der Waals surface area contributed by atoms with Crippen molar-refractivity contribution in [1.29, 1.82) is 0 Å². The number of methoxy groups -OCH3 is 1. The van der Waals surface area contributed by atoms with Gasteiger partial charge < -0.3 is 15.4 Å². The fourth-order valence-corrected chi connectivity index (χ4v) is 3.29. The van der Waals surface area contributed by atoms with Crippen molar-refractivity contribution in [2.75, 3.05) is 21.2 Å². The number of nitrogens with zero attached hydrogens (tertiary/aromatic N) is 1. The molecule has 1 unspecified atom stereocenters. The first kappa shape index (κ1) is 16.9. The maximum absolute atomic E-state index is 6.59. The van der Waals surface area contributed by atoms with Crippen molar-refractivity contribution in [1.82, 2.24) is 4.90 Å². The van der Waals surface area contributed by atoms with Crippen LogP contribution in [0.5, 0.6) is 0 Å². The molecule has 1 fully saturated rings. The van der Waals surface area contributed by atoms with Crippen LogP contribution in [0.4, 0.5) is 0 Å². The van der Waals surface area contributed by atoms with Crippen molar-refractivity contribution >= 4 is 0 Å². The van der Waals surface area contributed by atoms with Crippen LogP contribution in [0.3, 0.4) is 0 Å². The number of hydrogen-bond donors (Lipinski definition) is 1. The van der Waals surface area contributed by atoms with E-state index in [4.69, 9.17) is 10.5 Å². The minimum Gasteiger partial charge on any atom is -0.379 e. The Labute approximate surface area is 119 Å². The summed E-state index contributed by atoms with van der Waals surface area (Å²) in [5.74, 6) is 0.857. The van der Waals surface area contributed by atoms with Gasteiger partial charge in [-0.1, -0.05) is 6.92 Å². The van der Waals surface area contributed by atoms with Crippen LogP contribution in [0.1, 0.15) is 59.3 Å². The Morgan fingerprint density at radius 3 is 2.26 bits per heavy atom. The van der Waals surface area contributed by atoms with Gasteiger partial charge in [-0.05, 0) is 72.4 Å². The third-order valence-electron chi connectivity index (χ3n) is 5.33. The highest BCUT2D eigenvalue weighted by atomic mass is 16.5. The smallest absolute Gasteiger partial charge is 0.0623 e. The molecule has 0 bridgehead atoms. The van der Waals surface area contributed by atoms with Crippen molar-refractivity contribution in [3.05, 3.63) is 0 Å². The zero-order valence-electron chi connectivity index (χ0n) is 13.8. The van der Waals surface area contributed by atoms with Gasteiger partial charge in [-0.25, -0.2) is 0 Å². The van der Waals surface area contributed by atoms with Gasteiger partial charge in [0, 0.05) is 18.7 Å². The Morgan fingerprint density at radius 1 is 1.32 bits per heavy atom. The number of nitrogens with two attached hydrogens (primary N) is 1. The van der Waals surface area contributed by atoms with Crippen LogP contribution in [0.25, 0.3) is 0 Å². The minimum absolute atomic E-state index is 0.0624. The Kier molecular flexibility index (Phi) is 5.84. The van der Waals surface area contributed by atoms with E-state index in [0.29, 0.717) is 0 Å². The van der Waals surface area contributed by atoms with E-state index in [1.165, 1.54) is 25.7 Å². The van der Waals surface area contributed by atoms with Crippen LogP contribution >= 0.6 is 0 Å². The second kappa shape index (κ2) is 6.55. The molecule has 0 spiro atoms. The molecular formula is C16H34N2O. The third kappa shape index (κ3) is 4.17. The molecule has 19 heavy (non-hydrogen) atoms. The Bertz CT molecular complexity index is 268. The van der Waals surface area contributed by atoms with Gasteiger partial charge in [0.1, 0.15) is 0 Å². The van der Waals surface area contributed by atoms with Gasteiger partial charge in [0.15, 0.2) is 0 Å². The summed E-state index contributed by atoms with van der Waals surface area (Å²) in [6.07, 6.45) is 7.13. The predicted molar refractivity (Wildman–Crippen MR) is 82.3 cm³/mol. The summed E-state index contributed by atoms with van der Waals surface area (Å²) in [6, 6.07) is 0.240. The molecule has 3 nitrogen and oxygen atoms in total. The van der Waals surface area contributed by atoms with Crippen molar-refractivity contribution < 1.29 is 4.74 Å². The van der Waals surface area contributed by atoms with Gasteiger partial charge in [0.05, 0.1) is 5.60 Å². The van der Waals surface area contributed by atoms with E-state index in [1.807, 2.05) is 0 Å². The fourth-order valence-electron chi connectivity index (χ4n) is 3.29. The topological polar surface area (TPSA) is 38.5 Å². The average molecular weight is 270 g/mol. The second-order valence-electron chi connectivity index (χ2n) is 7.29. The van der Waals surface area contributed by atoms with E-state index in [-0.39, 0.29) is 17.2 Å². The summed E-state index contributed by atoms with van der Waals surface area (Å²) in [5, 5.41) is 0. The van der Waals surface area contributed by atoms with Gasteiger partial charge in [0.25, 0.3) is 0 Å². The molecule has 1 saturated carbocycles. The maximum atomic E-state index is 6.59. The number of hydrogen-bond acceptors (Lipinski definition) is 3.